The van der Waals surface area contributed by atoms with Crippen LogP contribution >= 0.6 is 0 Å². The predicted octanol–water partition coefficient (Wildman–Crippen LogP) is 4.13. The van der Waals surface area contributed by atoms with E-state index in [2.05, 4.69) is 9.97 Å². The minimum atomic E-state index is -0.339. The molecule has 0 saturated heterocycles. The molecule has 4 aromatic rings. The van der Waals surface area contributed by atoms with E-state index in [1.54, 1.807) is 49.5 Å². The molecule has 4 rings (SSSR count). The maximum absolute atomic E-state index is 13.0. The van der Waals surface area contributed by atoms with Crippen molar-refractivity contribution >= 4 is 16.8 Å². The number of rotatable bonds is 5. The first kappa shape index (κ1) is 19.3. The molecule has 6 nitrogen and oxygen atoms in total. The molecule has 0 bridgehead atoms. The fourth-order valence-electron chi connectivity index (χ4n) is 3.03. The molecular formula is C23H18FN3O3. The maximum Gasteiger partial charge on any atom is 0.258 e. The molecular weight excluding hydrogens is 385 g/mol. The predicted molar refractivity (Wildman–Crippen MR) is 111 cm³/mol. The summed E-state index contributed by atoms with van der Waals surface area (Å²) in [6.07, 6.45) is 0. The molecule has 1 amide bonds. The van der Waals surface area contributed by atoms with Gasteiger partial charge in [-0.25, -0.2) is 9.37 Å². The molecule has 0 atom stereocenters. The molecule has 150 valence electrons. The SMILES string of the molecule is CN(Cc1nc2ccccc2c(=O)[nH]1)C(=O)c1ccc(Oc2ccc(F)cc2)cc1. The highest BCUT2D eigenvalue weighted by Gasteiger charge is 2.14. The fourth-order valence-corrected chi connectivity index (χ4v) is 3.03. The van der Waals surface area contributed by atoms with Gasteiger partial charge in [-0.3, -0.25) is 9.59 Å². The normalized spacial score (nSPS) is 10.7. The van der Waals surface area contributed by atoms with Crippen molar-refractivity contribution in [1.82, 2.24) is 14.9 Å². The van der Waals surface area contributed by atoms with E-state index in [1.165, 1.54) is 29.2 Å². The van der Waals surface area contributed by atoms with Crippen LogP contribution in [0.1, 0.15) is 16.2 Å². The lowest BCUT2D eigenvalue weighted by atomic mass is 10.2. The molecule has 0 spiro atoms. The molecule has 0 radical (unpaired) electrons. The van der Waals surface area contributed by atoms with Crippen LogP contribution in [0.3, 0.4) is 0 Å². The largest absolute Gasteiger partial charge is 0.457 e. The number of para-hydroxylation sites is 1. The molecule has 30 heavy (non-hydrogen) atoms. The molecule has 1 aromatic heterocycles. The fraction of sp³-hybridized carbons (Fsp3) is 0.0870. The summed E-state index contributed by atoms with van der Waals surface area (Å²) in [6, 6.07) is 19.4. The third-order valence-electron chi connectivity index (χ3n) is 4.55. The van der Waals surface area contributed by atoms with Crippen LogP contribution in [0.15, 0.2) is 77.6 Å². The van der Waals surface area contributed by atoms with E-state index < -0.39 is 0 Å². The van der Waals surface area contributed by atoms with Crippen molar-refractivity contribution < 1.29 is 13.9 Å². The van der Waals surface area contributed by atoms with Gasteiger partial charge in [0, 0.05) is 12.6 Å². The molecule has 0 aliphatic carbocycles. The van der Waals surface area contributed by atoms with Gasteiger partial charge in [0.2, 0.25) is 0 Å². The first-order valence-corrected chi connectivity index (χ1v) is 9.26. The standard InChI is InChI=1S/C23H18FN3O3/c1-27(14-21-25-20-5-3-2-4-19(20)22(28)26-21)23(29)15-6-10-17(11-7-15)30-18-12-8-16(24)9-13-18/h2-13H,14H2,1H3,(H,25,26,28). The summed E-state index contributed by atoms with van der Waals surface area (Å²) in [5.41, 5.74) is 0.810. The molecule has 0 aliphatic heterocycles. The van der Waals surface area contributed by atoms with E-state index in [9.17, 15) is 14.0 Å². The third kappa shape index (κ3) is 4.20. The lowest BCUT2D eigenvalue weighted by Crippen LogP contribution is -2.28. The monoisotopic (exact) mass is 403 g/mol. The highest BCUT2D eigenvalue weighted by molar-refractivity contribution is 5.94. The number of carbonyl (C=O) groups is 1. The van der Waals surface area contributed by atoms with Crippen LogP contribution in [0, 0.1) is 5.82 Å². The number of hydrogen-bond acceptors (Lipinski definition) is 4. The van der Waals surface area contributed by atoms with Crippen molar-refractivity contribution in [2.24, 2.45) is 0 Å². The second kappa shape index (κ2) is 8.16. The molecule has 7 heteroatoms. The average molecular weight is 403 g/mol. The van der Waals surface area contributed by atoms with Crippen molar-refractivity contribution in [3.8, 4) is 11.5 Å². The maximum atomic E-state index is 13.0. The number of aromatic amines is 1. The lowest BCUT2D eigenvalue weighted by Gasteiger charge is -2.17. The van der Waals surface area contributed by atoms with Crippen molar-refractivity contribution in [1.29, 1.82) is 0 Å². The van der Waals surface area contributed by atoms with Gasteiger partial charge < -0.3 is 14.6 Å². The van der Waals surface area contributed by atoms with Crippen LogP contribution < -0.4 is 10.3 Å². The van der Waals surface area contributed by atoms with Gasteiger partial charge in [-0.15, -0.1) is 0 Å². The zero-order chi connectivity index (χ0) is 21.1. The number of carbonyl (C=O) groups excluding carboxylic acids is 1. The van der Waals surface area contributed by atoms with Gasteiger partial charge in [-0.1, -0.05) is 12.1 Å². The Morgan fingerprint density at radius 3 is 2.33 bits per heavy atom. The molecule has 0 unspecified atom stereocenters. The lowest BCUT2D eigenvalue weighted by molar-refractivity contribution is 0.0781. The average Bonchev–Trinajstić information content (AvgIpc) is 2.75. The van der Waals surface area contributed by atoms with Crippen LogP contribution in [-0.4, -0.2) is 27.8 Å². The van der Waals surface area contributed by atoms with E-state index in [4.69, 9.17) is 4.74 Å². The molecule has 0 saturated carbocycles. The summed E-state index contributed by atoms with van der Waals surface area (Å²) in [4.78, 5) is 33.5. The Kier molecular flexibility index (Phi) is 5.26. The number of H-pyrrole nitrogens is 1. The van der Waals surface area contributed by atoms with E-state index in [-0.39, 0.29) is 23.8 Å². The summed E-state index contributed by atoms with van der Waals surface area (Å²) in [6.45, 7) is 0.159. The zero-order valence-electron chi connectivity index (χ0n) is 16.1. The van der Waals surface area contributed by atoms with Crippen LogP contribution in [0.2, 0.25) is 0 Å². The second-order valence-electron chi connectivity index (χ2n) is 6.77. The summed E-state index contributed by atoms with van der Waals surface area (Å²) in [5.74, 6) is 0.874. The number of amides is 1. The Hall–Kier alpha value is -4.00. The number of nitrogens with one attached hydrogen (secondary N) is 1. The Bertz CT molecular complexity index is 1250. The minimum absolute atomic E-state index is 0.159. The zero-order valence-corrected chi connectivity index (χ0v) is 16.1. The third-order valence-corrected chi connectivity index (χ3v) is 4.55. The van der Waals surface area contributed by atoms with Gasteiger partial charge in [0.15, 0.2) is 0 Å². The first-order valence-electron chi connectivity index (χ1n) is 9.26. The molecule has 1 heterocycles. The topological polar surface area (TPSA) is 75.3 Å². The summed E-state index contributed by atoms with van der Waals surface area (Å²) in [7, 11) is 1.64. The highest BCUT2D eigenvalue weighted by atomic mass is 19.1. The van der Waals surface area contributed by atoms with Gasteiger partial charge in [0.25, 0.3) is 11.5 Å². The number of benzene rings is 3. The van der Waals surface area contributed by atoms with Gasteiger partial charge in [0.1, 0.15) is 23.1 Å². The molecule has 0 fully saturated rings. The summed E-state index contributed by atoms with van der Waals surface area (Å²) < 4.78 is 18.6. The van der Waals surface area contributed by atoms with Crippen LogP contribution in [-0.2, 0) is 6.54 Å². The van der Waals surface area contributed by atoms with Crippen molar-refractivity contribution in [3.05, 3.63) is 100 Å². The van der Waals surface area contributed by atoms with Crippen molar-refractivity contribution in [2.45, 2.75) is 6.54 Å². The Morgan fingerprint density at radius 1 is 1.00 bits per heavy atom. The Morgan fingerprint density at radius 2 is 1.63 bits per heavy atom. The molecule has 1 N–H and O–H groups in total. The van der Waals surface area contributed by atoms with Gasteiger partial charge in [-0.05, 0) is 60.7 Å². The first-order chi connectivity index (χ1) is 14.5. The minimum Gasteiger partial charge on any atom is -0.457 e. The smallest absolute Gasteiger partial charge is 0.258 e. The second-order valence-corrected chi connectivity index (χ2v) is 6.77. The van der Waals surface area contributed by atoms with E-state index in [0.29, 0.717) is 33.8 Å². The van der Waals surface area contributed by atoms with Crippen molar-refractivity contribution in [3.63, 3.8) is 0 Å². The highest BCUT2D eigenvalue weighted by Crippen LogP contribution is 2.22. The number of nitrogens with zero attached hydrogens (tertiary/aromatic N) is 2. The summed E-state index contributed by atoms with van der Waals surface area (Å²) in [5, 5.41) is 0.506. The van der Waals surface area contributed by atoms with E-state index >= 15 is 0 Å². The van der Waals surface area contributed by atoms with Crippen molar-refractivity contribution in [2.75, 3.05) is 7.05 Å². The van der Waals surface area contributed by atoms with Gasteiger partial charge >= 0.3 is 0 Å². The Labute approximate surface area is 171 Å². The number of aromatic nitrogens is 2. The van der Waals surface area contributed by atoms with Crippen LogP contribution in [0.25, 0.3) is 10.9 Å². The van der Waals surface area contributed by atoms with Gasteiger partial charge in [-0.2, -0.15) is 0 Å². The molecule has 0 aliphatic rings. The molecule has 3 aromatic carbocycles. The number of ether oxygens (including phenoxy) is 1. The number of halogens is 1. The van der Waals surface area contributed by atoms with Gasteiger partial charge in [0.05, 0.1) is 17.4 Å². The van der Waals surface area contributed by atoms with Crippen LogP contribution in [0.5, 0.6) is 11.5 Å². The summed E-state index contributed by atoms with van der Waals surface area (Å²) >= 11 is 0. The van der Waals surface area contributed by atoms with Crippen LogP contribution in [0.4, 0.5) is 4.39 Å². The van der Waals surface area contributed by atoms with E-state index in [0.717, 1.165) is 0 Å². The number of fused-ring (bicyclic) bond motifs is 1. The Balaban J connectivity index is 1.46. The number of hydrogen-bond donors (Lipinski definition) is 1. The van der Waals surface area contributed by atoms with E-state index in [1.807, 2.05) is 6.07 Å². The quantitative estimate of drug-likeness (QED) is 0.544.